The lowest BCUT2D eigenvalue weighted by atomic mass is 9.87. The van der Waals surface area contributed by atoms with Crippen LogP contribution in [0.5, 0.6) is 0 Å². The molecule has 2 N–H and O–H groups in total. The number of Topliss-reactive ketones (excluding diaryl/α,β-unsaturated/α-hetero) is 2. The van der Waals surface area contributed by atoms with E-state index in [0.717, 1.165) is 0 Å². The van der Waals surface area contributed by atoms with E-state index in [-0.39, 0.29) is 22.8 Å². The normalized spacial score (nSPS) is 15.5. The summed E-state index contributed by atoms with van der Waals surface area (Å²) in [5, 5.41) is 11.9. The van der Waals surface area contributed by atoms with Gasteiger partial charge in [0.15, 0.2) is 0 Å². The van der Waals surface area contributed by atoms with Gasteiger partial charge in [0.2, 0.25) is 11.6 Å². The van der Waals surface area contributed by atoms with Crippen LogP contribution in [0.15, 0.2) is 35.5 Å². The number of allylic oxidation sites excluding steroid dienone is 2. The molecule has 19 heavy (non-hydrogen) atoms. The third-order valence-corrected chi connectivity index (χ3v) is 2.78. The van der Waals surface area contributed by atoms with E-state index in [1.54, 1.807) is 31.3 Å². The molecule has 1 aliphatic rings. The number of aliphatic hydroxyl groups is 1. The minimum atomic E-state index is -0.856. The smallest absolute Gasteiger partial charge is 0.211 e. The maximum atomic E-state index is 12.3. The highest BCUT2D eigenvalue weighted by Gasteiger charge is 2.30. The SMILES string of the molecule is CNC1=C(C#CC(C)O)C(=O)c2ccccc2C1=O. The van der Waals surface area contributed by atoms with Gasteiger partial charge < -0.3 is 10.4 Å². The molecule has 0 saturated heterocycles. The summed E-state index contributed by atoms with van der Waals surface area (Å²) in [5.41, 5.74) is 1.00. The molecular weight excluding hydrogens is 242 g/mol. The van der Waals surface area contributed by atoms with E-state index in [9.17, 15) is 14.7 Å². The number of nitrogens with one attached hydrogen (secondary N) is 1. The lowest BCUT2D eigenvalue weighted by Crippen LogP contribution is -2.28. The fourth-order valence-corrected chi connectivity index (χ4v) is 1.91. The molecule has 0 aromatic heterocycles. The summed E-state index contributed by atoms with van der Waals surface area (Å²) in [6.07, 6.45) is -0.856. The highest BCUT2D eigenvalue weighted by atomic mass is 16.3. The standard InChI is InChI=1S/C15H13NO3/c1-9(17)7-8-12-13(16-2)15(19)11-6-4-3-5-10(11)14(12)18/h3-6,9,16-17H,1-2H3. The molecule has 0 heterocycles. The molecule has 2 rings (SSSR count). The minimum Gasteiger partial charge on any atom is -0.384 e. The maximum Gasteiger partial charge on any atom is 0.211 e. The highest BCUT2D eigenvalue weighted by molar-refractivity contribution is 6.28. The van der Waals surface area contributed by atoms with Crippen LogP contribution in [0, 0.1) is 11.8 Å². The van der Waals surface area contributed by atoms with Gasteiger partial charge in [-0.2, -0.15) is 0 Å². The van der Waals surface area contributed by atoms with E-state index >= 15 is 0 Å². The van der Waals surface area contributed by atoms with Crippen LogP contribution in [-0.2, 0) is 0 Å². The molecule has 4 nitrogen and oxygen atoms in total. The van der Waals surface area contributed by atoms with Crippen molar-refractivity contribution < 1.29 is 14.7 Å². The number of aliphatic hydroxyl groups excluding tert-OH is 1. The predicted octanol–water partition coefficient (Wildman–Crippen LogP) is 0.923. The molecule has 0 spiro atoms. The summed E-state index contributed by atoms with van der Waals surface area (Å²) in [4.78, 5) is 24.6. The average molecular weight is 255 g/mol. The van der Waals surface area contributed by atoms with Gasteiger partial charge in [-0.3, -0.25) is 9.59 Å². The lowest BCUT2D eigenvalue weighted by Gasteiger charge is -2.17. The molecule has 0 bridgehead atoms. The van der Waals surface area contributed by atoms with Gasteiger partial charge in [-0.1, -0.05) is 36.1 Å². The zero-order valence-electron chi connectivity index (χ0n) is 10.7. The fraction of sp³-hybridized carbons (Fsp3) is 0.200. The topological polar surface area (TPSA) is 66.4 Å². The number of hydrogen-bond acceptors (Lipinski definition) is 4. The molecule has 4 heteroatoms. The number of carbonyl (C=O) groups excluding carboxylic acids is 2. The van der Waals surface area contributed by atoms with Gasteiger partial charge in [0.25, 0.3) is 0 Å². The fourth-order valence-electron chi connectivity index (χ4n) is 1.91. The Labute approximate surface area is 111 Å². The van der Waals surface area contributed by atoms with Crippen LogP contribution >= 0.6 is 0 Å². The molecule has 1 unspecified atom stereocenters. The van der Waals surface area contributed by atoms with E-state index < -0.39 is 6.10 Å². The van der Waals surface area contributed by atoms with Crippen molar-refractivity contribution in [1.82, 2.24) is 5.32 Å². The van der Waals surface area contributed by atoms with Crippen molar-refractivity contribution in [3.05, 3.63) is 46.7 Å². The van der Waals surface area contributed by atoms with Gasteiger partial charge in [-0.25, -0.2) is 0 Å². The molecular formula is C15H13NO3. The van der Waals surface area contributed by atoms with Crippen molar-refractivity contribution in [2.45, 2.75) is 13.0 Å². The Balaban J connectivity index is 2.62. The number of carbonyl (C=O) groups is 2. The quantitative estimate of drug-likeness (QED) is 0.732. The first-order valence-electron chi connectivity index (χ1n) is 5.86. The molecule has 0 amide bonds. The average Bonchev–Trinajstić information content (AvgIpc) is 2.41. The first-order valence-corrected chi connectivity index (χ1v) is 5.86. The Bertz CT molecular complexity index is 645. The summed E-state index contributed by atoms with van der Waals surface area (Å²) < 4.78 is 0. The van der Waals surface area contributed by atoms with Crippen molar-refractivity contribution >= 4 is 11.6 Å². The summed E-state index contributed by atoms with van der Waals surface area (Å²) >= 11 is 0. The number of hydrogen-bond donors (Lipinski definition) is 2. The third-order valence-electron chi connectivity index (χ3n) is 2.78. The first kappa shape index (κ1) is 13.1. The second-order valence-electron chi connectivity index (χ2n) is 4.15. The van der Waals surface area contributed by atoms with Gasteiger partial charge in [0.05, 0.1) is 5.57 Å². The molecule has 0 fully saturated rings. The van der Waals surface area contributed by atoms with Crippen LogP contribution in [0.3, 0.4) is 0 Å². The van der Waals surface area contributed by atoms with Crippen LogP contribution in [0.4, 0.5) is 0 Å². The zero-order valence-corrected chi connectivity index (χ0v) is 10.7. The van der Waals surface area contributed by atoms with Crippen molar-refractivity contribution in [2.75, 3.05) is 7.05 Å². The number of rotatable bonds is 1. The Morgan fingerprint density at radius 2 is 1.74 bits per heavy atom. The summed E-state index contributed by atoms with van der Waals surface area (Å²) in [7, 11) is 1.57. The summed E-state index contributed by atoms with van der Waals surface area (Å²) in [6.45, 7) is 1.50. The Hall–Kier alpha value is -2.38. The van der Waals surface area contributed by atoms with Crippen LogP contribution in [0.1, 0.15) is 27.6 Å². The predicted molar refractivity (Wildman–Crippen MR) is 70.6 cm³/mol. The largest absolute Gasteiger partial charge is 0.384 e. The number of fused-ring (bicyclic) bond motifs is 1. The van der Waals surface area contributed by atoms with Gasteiger partial charge in [-0.05, 0) is 6.92 Å². The van der Waals surface area contributed by atoms with Crippen LogP contribution < -0.4 is 5.32 Å². The second-order valence-corrected chi connectivity index (χ2v) is 4.15. The first-order chi connectivity index (χ1) is 9.06. The molecule has 1 atom stereocenters. The van der Waals surface area contributed by atoms with Crippen LogP contribution in [0.25, 0.3) is 0 Å². The van der Waals surface area contributed by atoms with E-state index in [2.05, 4.69) is 17.2 Å². The van der Waals surface area contributed by atoms with Crippen molar-refractivity contribution in [1.29, 1.82) is 0 Å². The Morgan fingerprint density at radius 1 is 1.16 bits per heavy atom. The zero-order chi connectivity index (χ0) is 14.0. The maximum absolute atomic E-state index is 12.3. The number of benzene rings is 1. The second kappa shape index (κ2) is 5.09. The Kier molecular flexibility index (Phi) is 3.50. The van der Waals surface area contributed by atoms with Crippen molar-refractivity contribution in [3.8, 4) is 11.8 Å². The summed E-state index contributed by atoms with van der Waals surface area (Å²) in [6, 6.07) is 6.63. The lowest BCUT2D eigenvalue weighted by molar-refractivity contribution is 0.0973. The molecule has 1 aromatic carbocycles. The van der Waals surface area contributed by atoms with Crippen LogP contribution in [-0.4, -0.2) is 29.8 Å². The number of ketones is 2. The summed E-state index contributed by atoms with van der Waals surface area (Å²) in [5.74, 6) is 4.53. The van der Waals surface area contributed by atoms with Gasteiger partial charge >= 0.3 is 0 Å². The van der Waals surface area contributed by atoms with Gasteiger partial charge in [0.1, 0.15) is 11.8 Å². The molecule has 0 radical (unpaired) electrons. The van der Waals surface area contributed by atoms with Gasteiger partial charge in [-0.15, -0.1) is 0 Å². The molecule has 1 aliphatic carbocycles. The third kappa shape index (κ3) is 2.28. The highest BCUT2D eigenvalue weighted by Crippen LogP contribution is 2.24. The molecule has 1 aromatic rings. The van der Waals surface area contributed by atoms with Crippen molar-refractivity contribution in [3.63, 3.8) is 0 Å². The Morgan fingerprint density at radius 3 is 2.26 bits per heavy atom. The minimum absolute atomic E-state index is 0.104. The molecule has 96 valence electrons. The number of likely N-dealkylation sites (N-methyl/N-ethyl adjacent to an activating group) is 1. The van der Waals surface area contributed by atoms with E-state index in [1.165, 1.54) is 6.92 Å². The van der Waals surface area contributed by atoms with Crippen LogP contribution in [0.2, 0.25) is 0 Å². The van der Waals surface area contributed by atoms with E-state index in [4.69, 9.17) is 0 Å². The van der Waals surface area contributed by atoms with E-state index in [1.807, 2.05) is 0 Å². The van der Waals surface area contributed by atoms with Gasteiger partial charge in [0, 0.05) is 18.2 Å². The monoisotopic (exact) mass is 255 g/mol. The molecule has 0 saturated carbocycles. The van der Waals surface area contributed by atoms with E-state index in [0.29, 0.717) is 11.1 Å². The molecule has 0 aliphatic heterocycles. The van der Waals surface area contributed by atoms with Crippen molar-refractivity contribution in [2.24, 2.45) is 0 Å².